The Hall–Kier alpha value is -2.40. The zero-order valence-electron chi connectivity index (χ0n) is 22.3. The van der Waals surface area contributed by atoms with Crippen LogP contribution in [0.25, 0.3) is 0 Å². The normalized spacial score (nSPS) is 38.7. The number of amides is 1. The number of ether oxygens (including phenoxy) is 1. The van der Waals surface area contributed by atoms with Gasteiger partial charge >= 0.3 is 0 Å². The van der Waals surface area contributed by atoms with Crippen molar-refractivity contribution in [2.75, 3.05) is 7.11 Å². The Balaban J connectivity index is 1.29. The molecule has 3 fully saturated rings. The zero-order valence-corrected chi connectivity index (χ0v) is 23.1. The van der Waals surface area contributed by atoms with Crippen molar-refractivity contribution in [1.29, 1.82) is 0 Å². The molecule has 0 radical (unpaired) electrons. The highest BCUT2D eigenvalue weighted by atomic mass is 35.5. The van der Waals surface area contributed by atoms with Crippen molar-refractivity contribution in [1.82, 2.24) is 5.01 Å². The average molecular weight is 521 g/mol. The van der Waals surface area contributed by atoms with Gasteiger partial charge in [-0.05, 0) is 79.4 Å². The van der Waals surface area contributed by atoms with E-state index in [1.165, 1.54) is 12.1 Å². The maximum Gasteiger partial charge on any atom is 0.240 e. The lowest BCUT2D eigenvalue weighted by molar-refractivity contribution is -0.130. The van der Waals surface area contributed by atoms with Crippen molar-refractivity contribution in [3.05, 3.63) is 52.6 Å². The van der Waals surface area contributed by atoms with E-state index in [0.29, 0.717) is 28.7 Å². The van der Waals surface area contributed by atoms with Crippen LogP contribution < -0.4 is 4.74 Å². The SMILES string of the molecule is COc1ccccc1C1CC(C2CCC3C4CCC5=C(Cl)C(=O)C=C[C@]5(C)C4CC[C@]23C)=NN1C(C)=O. The number of nitrogens with zero attached hydrogens (tertiary/aromatic N) is 2. The first-order valence-electron chi connectivity index (χ1n) is 13.8. The number of para-hydroxylation sites is 1. The molecule has 5 nitrogen and oxygen atoms in total. The van der Waals surface area contributed by atoms with Crippen molar-refractivity contribution in [3.8, 4) is 5.75 Å². The highest BCUT2D eigenvalue weighted by Crippen LogP contribution is 2.67. The van der Waals surface area contributed by atoms with Crippen molar-refractivity contribution in [3.63, 3.8) is 0 Å². The molecule has 0 spiro atoms. The van der Waals surface area contributed by atoms with Gasteiger partial charge in [0.1, 0.15) is 5.75 Å². The summed E-state index contributed by atoms with van der Waals surface area (Å²) in [6.07, 6.45) is 11.3. The van der Waals surface area contributed by atoms with Gasteiger partial charge in [0.15, 0.2) is 5.78 Å². The molecule has 0 saturated heterocycles. The summed E-state index contributed by atoms with van der Waals surface area (Å²) in [5, 5.41) is 7.17. The van der Waals surface area contributed by atoms with Gasteiger partial charge in [0.05, 0.1) is 18.2 Å². The first-order chi connectivity index (χ1) is 17.7. The van der Waals surface area contributed by atoms with Gasteiger partial charge in [-0.2, -0.15) is 5.10 Å². The van der Waals surface area contributed by atoms with Gasteiger partial charge < -0.3 is 4.74 Å². The number of hydrazone groups is 1. The van der Waals surface area contributed by atoms with E-state index in [4.69, 9.17) is 21.4 Å². The third kappa shape index (κ3) is 3.60. The fourth-order valence-electron chi connectivity index (χ4n) is 9.05. The predicted molar refractivity (Wildman–Crippen MR) is 145 cm³/mol. The topological polar surface area (TPSA) is 59.0 Å². The van der Waals surface area contributed by atoms with Crippen LogP contribution in [0.5, 0.6) is 5.75 Å². The molecule has 5 aliphatic rings. The fraction of sp³-hybridized carbons (Fsp3) is 0.581. The summed E-state index contributed by atoms with van der Waals surface area (Å²) in [7, 11) is 1.69. The molecular weight excluding hydrogens is 484 g/mol. The Labute approximate surface area is 225 Å². The van der Waals surface area contributed by atoms with Crippen LogP contribution in [0.3, 0.4) is 0 Å². The van der Waals surface area contributed by atoms with Gasteiger partial charge in [-0.1, -0.05) is 49.7 Å². The van der Waals surface area contributed by atoms with E-state index in [1.54, 1.807) is 25.1 Å². The number of rotatable bonds is 3. The van der Waals surface area contributed by atoms with Crippen LogP contribution in [0.1, 0.15) is 77.3 Å². The lowest BCUT2D eigenvalue weighted by Crippen LogP contribution is -2.50. The maximum atomic E-state index is 12.7. The summed E-state index contributed by atoms with van der Waals surface area (Å²) in [4.78, 5) is 25.0. The smallest absolute Gasteiger partial charge is 0.240 e. The molecule has 6 heteroatoms. The number of carbonyl (C=O) groups excluding carboxylic acids is 2. The molecule has 3 saturated carbocycles. The Morgan fingerprint density at radius 1 is 1.14 bits per heavy atom. The first kappa shape index (κ1) is 24.9. The van der Waals surface area contributed by atoms with E-state index in [2.05, 4.69) is 26.0 Å². The quantitative estimate of drug-likeness (QED) is 0.438. The summed E-state index contributed by atoms with van der Waals surface area (Å²) in [5.74, 6) is 2.90. The van der Waals surface area contributed by atoms with Crippen molar-refractivity contribution >= 4 is 29.0 Å². The predicted octanol–water partition coefficient (Wildman–Crippen LogP) is 6.84. The molecule has 1 aliphatic heterocycles. The number of ketones is 1. The summed E-state index contributed by atoms with van der Waals surface area (Å²) in [6.45, 7) is 6.41. The van der Waals surface area contributed by atoms with Crippen LogP contribution in [0, 0.1) is 34.5 Å². The molecule has 1 heterocycles. The molecule has 0 aromatic heterocycles. The molecule has 1 aromatic carbocycles. The first-order valence-corrected chi connectivity index (χ1v) is 14.2. The van der Waals surface area contributed by atoms with Crippen LogP contribution in [0.4, 0.5) is 0 Å². The van der Waals surface area contributed by atoms with Crippen LogP contribution in [-0.4, -0.2) is 29.5 Å². The number of halogens is 1. The van der Waals surface area contributed by atoms with Crippen LogP contribution in [-0.2, 0) is 9.59 Å². The molecule has 0 N–H and O–H groups in total. The average Bonchev–Trinajstić information content (AvgIpc) is 3.47. The molecule has 4 aliphatic carbocycles. The lowest BCUT2D eigenvalue weighted by atomic mass is 9.47. The minimum Gasteiger partial charge on any atom is -0.496 e. The van der Waals surface area contributed by atoms with Gasteiger partial charge in [-0.25, -0.2) is 5.01 Å². The Kier molecular flexibility index (Phi) is 5.94. The van der Waals surface area contributed by atoms with Gasteiger partial charge in [-0.15, -0.1) is 0 Å². The van der Waals surface area contributed by atoms with Crippen LogP contribution >= 0.6 is 11.6 Å². The lowest BCUT2D eigenvalue weighted by Gasteiger charge is -2.57. The van der Waals surface area contributed by atoms with Crippen molar-refractivity contribution < 1.29 is 14.3 Å². The number of benzene rings is 1. The summed E-state index contributed by atoms with van der Waals surface area (Å²) < 4.78 is 5.65. The summed E-state index contributed by atoms with van der Waals surface area (Å²) in [5.41, 5.74) is 3.44. The second kappa shape index (κ2) is 8.83. The second-order valence-corrected chi connectivity index (χ2v) is 12.7. The molecule has 5 unspecified atom stereocenters. The van der Waals surface area contributed by atoms with E-state index >= 15 is 0 Å². The minimum atomic E-state index is -0.115. The molecule has 6 rings (SSSR count). The fourth-order valence-corrected chi connectivity index (χ4v) is 9.41. The molecule has 1 amide bonds. The number of hydrogen-bond acceptors (Lipinski definition) is 4. The highest BCUT2D eigenvalue weighted by molar-refractivity contribution is 6.45. The number of methoxy groups -OCH3 is 1. The zero-order chi connectivity index (χ0) is 26.1. The van der Waals surface area contributed by atoms with E-state index in [-0.39, 0.29) is 28.6 Å². The Bertz CT molecular complexity index is 1250. The van der Waals surface area contributed by atoms with Crippen LogP contribution in [0.2, 0.25) is 0 Å². The Morgan fingerprint density at radius 3 is 2.68 bits per heavy atom. The van der Waals surface area contributed by atoms with E-state index in [0.717, 1.165) is 55.4 Å². The molecular formula is C31H37ClN2O3. The second-order valence-electron chi connectivity index (χ2n) is 12.3. The molecule has 37 heavy (non-hydrogen) atoms. The molecule has 196 valence electrons. The number of carbonyl (C=O) groups is 2. The van der Waals surface area contributed by atoms with E-state index in [1.807, 2.05) is 18.2 Å². The van der Waals surface area contributed by atoms with Crippen LogP contribution in [0.15, 0.2) is 52.1 Å². The minimum absolute atomic E-state index is 0.0238. The summed E-state index contributed by atoms with van der Waals surface area (Å²) >= 11 is 6.56. The molecule has 7 atom stereocenters. The number of hydrogen-bond donors (Lipinski definition) is 0. The van der Waals surface area contributed by atoms with Gasteiger partial charge in [0, 0.05) is 36.0 Å². The van der Waals surface area contributed by atoms with Gasteiger partial charge in [0.25, 0.3) is 0 Å². The van der Waals surface area contributed by atoms with E-state index < -0.39 is 0 Å². The third-order valence-corrected chi connectivity index (χ3v) is 11.2. The number of fused-ring (bicyclic) bond motifs is 5. The maximum absolute atomic E-state index is 12.7. The van der Waals surface area contributed by atoms with Gasteiger partial charge in [-0.3, -0.25) is 9.59 Å². The third-order valence-electron chi connectivity index (χ3n) is 10.8. The number of allylic oxidation sites excluding steroid dienone is 4. The molecule has 0 bridgehead atoms. The standard InChI is InChI=1S/C31H37ClN2O3/c1-18(35)34-26(20-7-5-6-8-28(20)37-4)17-25(33-34)23-12-11-21-19-9-10-24-29(32)27(36)14-16-31(24,3)22(19)13-15-30(21,23)2/h5-8,14,16,19,21-23,26H,9-13,15,17H2,1-4H3/t19?,21?,22?,23?,26?,30-,31+/m0/s1. The van der Waals surface area contributed by atoms with E-state index in [9.17, 15) is 9.59 Å². The van der Waals surface area contributed by atoms with Gasteiger partial charge in [0.2, 0.25) is 5.91 Å². The molecule has 1 aromatic rings. The Morgan fingerprint density at radius 2 is 1.92 bits per heavy atom. The largest absolute Gasteiger partial charge is 0.496 e. The monoisotopic (exact) mass is 520 g/mol. The van der Waals surface area contributed by atoms with Crippen molar-refractivity contribution in [2.24, 2.45) is 39.6 Å². The highest BCUT2D eigenvalue weighted by Gasteiger charge is 2.60. The summed E-state index contributed by atoms with van der Waals surface area (Å²) in [6, 6.07) is 7.88. The van der Waals surface area contributed by atoms with Crippen molar-refractivity contribution in [2.45, 2.75) is 71.8 Å².